The van der Waals surface area contributed by atoms with Crippen molar-refractivity contribution < 1.29 is 14.4 Å². The van der Waals surface area contributed by atoms with Crippen LogP contribution in [0.2, 0.25) is 0 Å². The van der Waals surface area contributed by atoms with Crippen LogP contribution in [0, 0.1) is 0 Å². The number of benzene rings is 1. The van der Waals surface area contributed by atoms with E-state index >= 15 is 0 Å². The van der Waals surface area contributed by atoms with Crippen LogP contribution in [0.3, 0.4) is 0 Å². The van der Waals surface area contributed by atoms with Crippen LogP contribution >= 0.6 is 11.3 Å². The lowest BCUT2D eigenvalue weighted by atomic mass is 10.2. The molecule has 4 heteroatoms. The van der Waals surface area contributed by atoms with Crippen molar-refractivity contribution in [1.29, 1.82) is 0 Å². The van der Waals surface area contributed by atoms with Crippen LogP contribution in [0.1, 0.15) is 0 Å². The molecule has 1 N–H and O–H groups in total. The Balaban J connectivity index is 2.41. The molecule has 2 aromatic rings. The highest BCUT2D eigenvalue weighted by Crippen LogP contribution is 2.28. The topological polar surface area (TPSA) is 33.3 Å². The number of aromatic nitrogens is 1. The van der Waals surface area contributed by atoms with Gasteiger partial charge < -0.3 is 9.84 Å². The monoisotopic (exact) mass is 222 g/mol. The van der Waals surface area contributed by atoms with Crippen LogP contribution in [-0.2, 0) is 7.05 Å². The number of aryl methyl sites for hydroxylation is 1. The lowest BCUT2D eigenvalue weighted by molar-refractivity contribution is -0.656. The molecule has 2 rings (SSSR count). The Labute approximate surface area is 92.2 Å². The van der Waals surface area contributed by atoms with Gasteiger partial charge in [-0.05, 0) is 35.6 Å². The highest BCUT2D eigenvalue weighted by atomic mass is 32.1. The first-order valence-electron chi connectivity index (χ1n) is 4.53. The fourth-order valence-electron chi connectivity index (χ4n) is 1.42. The maximum absolute atomic E-state index is 9.37. The summed E-state index contributed by atoms with van der Waals surface area (Å²) in [5.74, 6) is 0.835. The number of aromatic hydroxyl groups is 1. The maximum Gasteiger partial charge on any atom is 0.272 e. The van der Waals surface area contributed by atoms with Crippen molar-refractivity contribution in [3.05, 3.63) is 30.5 Å². The second-order valence-electron chi connectivity index (χ2n) is 3.21. The van der Waals surface area contributed by atoms with Crippen molar-refractivity contribution >= 4 is 11.3 Å². The van der Waals surface area contributed by atoms with E-state index in [0.29, 0.717) is 5.06 Å². The molecule has 1 aromatic heterocycles. The zero-order valence-corrected chi connectivity index (χ0v) is 9.41. The van der Waals surface area contributed by atoms with Crippen LogP contribution in [0.4, 0.5) is 0 Å². The van der Waals surface area contributed by atoms with Gasteiger partial charge in [0.05, 0.1) is 12.7 Å². The van der Waals surface area contributed by atoms with E-state index in [1.54, 1.807) is 13.3 Å². The molecule has 15 heavy (non-hydrogen) atoms. The van der Waals surface area contributed by atoms with Gasteiger partial charge in [-0.3, -0.25) is 0 Å². The standard InChI is InChI=1S/C11H11NO2S/c1-12-7-10(13)15-11(12)8-3-5-9(14-2)6-4-8/h3-7H,1-2H3/p+1. The van der Waals surface area contributed by atoms with E-state index in [-0.39, 0.29) is 0 Å². The van der Waals surface area contributed by atoms with Gasteiger partial charge in [-0.15, -0.1) is 0 Å². The summed E-state index contributed by atoms with van der Waals surface area (Å²) in [4.78, 5) is 0. The summed E-state index contributed by atoms with van der Waals surface area (Å²) in [5.41, 5.74) is 1.07. The molecule has 0 aliphatic rings. The second-order valence-corrected chi connectivity index (χ2v) is 4.22. The molecule has 0 radical (unpaired) electrons. The molecular formula is C11H12NO2S+. The lowest BCUT2D eigenvalue weighted by Gasteiger charge is -1.98. The van der Waals surface area contributed by atoms with Gasteiger partial charge in [-0.25, -0.2) is 0 Å². The molecule has 0 atom stereocenters. The summed E-state index contributed by atoms with van der Waals surface area (Å²) in [7, 11) is 3.56. The van der Waals surface area contributed by atoms with Crippen molar-refractivity contribution in [3.63, 3.8) is 0 Å². The van der Waals surface area contributed by atoms with Gasteiger partial charge in [-0.2, -0.15) is 4.57 Å². The van der Waals surface area contributed by atoms with E-state index in [4.69, 9.17) is 4.74 Å². The van der Waals surface area contributed by atoms with Crippen LogP contribution in [0.5, 0.6) is 10.8 Å². The molecule has 1 aromatic carbocycles. The highest BCUT2D eigenvalue weighted by Gasteiger charge is 2.14. The van der Waals surface area contributed by atoms with Gasteiger partial charge in [-0.1, -0.05) is 0 Å². The number of methoxy groups -OCH3 is 1. The van der Waals surface area contributed by atoms with E-state index in [1.165, 1.54) is 11.3 Å². The number of ether oxygens (including phenoxy) is 1. The van der Waals surface area contributed by atoms with Crippen molar-refractivity contribution in [3.8, 4) is 21.4 Å². The molecule has 78 valence electrons. The summed E-state index contributed by atoms with van der Waals surface area (Å²) in [5, 5.41) is 10.7. The quantitative estimate of drug-likeness (QED) is 0.788. The average molecular weight is 222 g/mol. The van der Waals surface area contributed by atoms with Crippen LogP contribution in [0.25, 0.3) is 10.6 Å². The van der Waals surface area contributed by atoms with E-state index in [1.807, 2.05) is 35.9 Å². The Morgan fingerprint density at radius 1 is 1.27 bits per heavy atom. The third kappa shape index (κ3) is 1.94. The van der Waals surface area contributed by atoms with E-state index in [9.17, 15) is 5.11 Å². The molecule has 0 saturated carbocycles. The Morgan fingerprint density at radius 3 is 2.40 bits per heavy atom. The van der Waals surface area contributed by atoms with Crippen LogP contribution in [0.15, 0.2) is 30.5 Å². The van der Waals surface area contributed by atoms with Gasteiger partial charge in [0.15, 0.2) is 0 Å². The van der Waals surface area contributed by atoms with Crippen LogP contribution in [-0.4, -0.2) is 12.2 Å². The zero-order chi connectivity index (χ0) is 10.8. The first-order valence-corrected chi connectivity index (χ1v) is 5.35. The number of hydrogen-bond acceptors (Lipinski definition) is 3. The van der Waals surface area contributed by atoms with Gasteiger partial charge in [0, 0.05) is 0 Å². The molecule has 0 aliphatic heterocycles. The summed E-state index contributed by atoms with van der Waals surface area (Å²) >= 11 is 1.36. The molecule has 1 heterocycles. The molecule has 0 unspecified atom stereocenters. The minimum Gasteiger partial charge on any atom is -0.497 e. The van der Waals surface area contributed by atoms with Gasteiger partial charge in [0.1, 0.15) is 12.8 Å². The molecule has 0 aliphatic carbocycles. The smallest absolute Gasteiger partial charge is 0.272 e. The molecular weight excluding hydrogens is 210 g/mol. The Hall–Kier alpha value is -1.55. The number of thiazole rings is 1. The number of hydrogen-bond donors (Lipinski definition) is 1. The summed E-state index contributed by atoms with van der Waals surface area (Å²) in [6.07, 6.45) is 1.70. The Morgan fingerprint density at radius 2 is 1.93 bits per heavy atom. The van der Waals surface area contributed by atoms with E-state index in [2.05, 4.69) is 0 Å². The number of rotatable bonds is 2. The molecule has 0 bridgehead atoms. The SMILES string of the molecule is COc1ccc(-c2sc(O)c[n+]2C)cc1. The minimum absolute atomic E-state index is 0.323. The van der Waals surface area contributed by atoms with Crippen LogP contribution < -0.4 is 9.30 Å². The maximum atomic E-state index is 9.37. The minimum atomic E-state index is 0.323. The van der Waals surface area contributed by atoms with Gasteiger partial charge in [0.2, 0.25) is 11.3 Å². The summed E-state index contributed by atoms with van der Waals surface area (Å²) < 4.78 is 6.99. The largest absolute Gasteiger partial charge is 0.497 e. The van der Waals surface area contributed by atoms with Crippen molar-refractivity contribution in [2.24, 2.45) is 7.05 Å². The van der Waals surface area contributed by atoms with Gasteiger partial charge >= 0.3 is 0 Å². The lowest BCUT2D eigenvalue weighted by Crippen LogP contribution is -2.26. The normalized spacial score (nSPS) is 10.3. The highest BCUT2D eigenvalue weighted by molar-refractivity contribution is 7.16. The predicted molar refractivity (Wildman–Crippen MR) is 59.1 cm³/mol. The Bertz CT molecular complexity index is 462. The second kappa shape index (κ2) is 3.90. The fraction of sp³-hybridized carbons (Fsp3) is 0.182. The van der Waals surface area contributed by atoms with Gasteiger partial charge in [0.25, 0.3) is 5.01 Å². The third-order valence-electron chi connectivity index (χ3n) is 2.16. The van der Waals surface area contributed by atoms with Crippen molar-refractivity contribution in [2.75, 3.05) is 7.11 Å². The first kappa shape index (κ1) is 9.98. The summed E-state index contributed by atoms with van der Waals surface area (Å²) in [6.45, 7) is 0. The molecule has 0 fully saturated rings. The zero-order valence-electron chi connectivity index (χ0n) is 8.60. The fourth-order valence-corrected chi connectivity index (χ4v) is 2.28. The Kier molecular flexibility index (Phi) is 2.60. The van der Waals surface area contributed by atoms with Crippen molar-refractivity contribution in [2.45, 2.75) is 0 Å². The van der Waals surface area contributed by atoms with E-state index < -0.39 is 0 Å². The average Bonchev–Trinajstić information content (AvgIpc) is 2.58. The molecule has 0 saturated heterocycles. The molecule has 0 spiro atoms. The predicted octanol–water partition coefficient (Wildman–Crippen LogP) is 1.95. The first-order chi connectivity index (χ1) is 7.20. The third-order valence-corrected chi connectivity index (χ3v) is 3.19. The summed E-state index contributed by atoms with van der Waals surface area (Å²) in [6, 6.07) is 7.77. The molecule has 3 nitrogen and oxygen atoms in total. The van der Waals surface area contributed by atoms with Crippen molar-refractivity contribution in [1.82, 2.24) is 0 Å². The molecule has 0 amide bonds. The number of nitrogens with zero attached hydrogens (tertiary/aromatic N) is 1. The van der Waals surface area contributed by atoms with E-state index in [0.717, 1.165) is 16.3 Å².